The van der Waals surface area contributed by atoms with Gasteiger partial charge in [0, 0.05) is 23.6 Å². The number of carbonyl (C=O) groups is 1. The van der Waals surface area contributed by atoms with Gasteiger partial charge in [0.2, 0.25) is 0 Å². The molecule has 3 rings (SSSR count). The number of hydrogen-bond acceptors (Lipinski definition) is 2. The molecule has 2 atom stereocenters. The molecule has 2 aliphatic heterocycles. The van der Waals surface area contributed by atoms with Crippen molar-refractivity contribution in [1.82, 2.24) is 5.32 Å². The predicted molar refractivity (Wildman–Crippen MR) is 68.4 cm³/mol. The van der Waals surface area contributed by atoms with Gasteiger partial charge in [-0.2, -0.15) is 13.2 Å². The van der Waals surface area contributed by atoms with E-state index in [1.54, 1.807) is 0 Å². The fraction of sp³-hybridized carbons (Fsp3) is 0.533. The lowest BCUT2D eigenvalue weighted by molar-refractivity contribution is -0.140. The molecule has 6 heteroatoms. The third-order valence-corrected chi connectivity index (χ3v) is 4.40. The smallest absolute Gasteiger partial charge is 0.311 e. The lowest BCUT2D eigenvalue weighted by Crippen LogP contribution is -2.40. The van der Waals surface area contributed by atoms with E-state index in [2.05, 4.69) is 5.32 Å². The molecular formula is C15H15F4NO. The number of rotatable bonds is 2. The van der Waals surface area contributed by atoms with Crippen LogP contribution in [0.15, 0.2) is 18.2 Å². The summed E-state index contributed by atoms with van der Waals surface area (Å²) < 4.78 is 51.1. The van der Waals surface area contributed by atoms with Gasteiger partial charge in [0.05, 0.1) is 5.56 Å². The predicted octanol–water partition coefficient (Wildman–Crippen LogP) is 3.56. The summed E-state index contributed by atoms with van der Waals surface area (Å²) in [5.41, 5.74) is -1.30. The van der Waals surface area contributed by atoms with Crippen LogP contribution in [0, 0.1) is 11.7 Å². The van der Waals surface area contributed by atoms with E-state index in [0.29, 0.717) is 31.0 Å². The van der Waals surface area contributed by atoms with Gasteiger partial charge in [-0.05, 0) is 37.8 Å². The maximum atomic E-state index is 13.6. The minimum atomic E-state index is -4.74. The average Bonchev–Trinajstić information content (AvgIpc) is 2.75. The molecule has 2 nitrogen and oxygen atoms in total. The molecule has 2 unspecified atom stereocenters. The molecule has 0 radical (unpaired) electrons. The van der Waals surface area contributed by atoms with Crippen LogP contribution in [0.25, 0.3) is 0 Å². The van der Waals surface area contributed by atoms with Crippen molar-refractivity contribution < 1.29 is 22.4 Å². The lowest BCUT2D eigenvalue weighted by Gasteiger charge is -2.28. The molecule has 0 saturated carbocycles. The van der Waals surface area contributed by atoms with Crippen molar-refractivity contribution in [3.05, 3.63) is 35.1 Å². The number of hydrogen-bond donors (Lipinski definition) is 1. The molecular weight excluding hydrogens is 286 g/mol. The second-order valence-electron chi connectivity index (χ2n) is 5.86. The van der Waals surface area contributed by atoms with E-state index in [0.717, 1.165) is 25.0 Å². The van der Waals surface area contributed by atoms with Crippen LogP contribution in [0.2, 0.25) is 0 Å². The van der Waals surface area contributed by atoms with Gasteiger partial charge in [0.15, 0.2) is 5.78 Å². The standard InChI is InChI=1S/C15H15F4NO/c16-13-7-8(1-4-12(13)15(17,18)19)14(21)9-5-10-2-3-11(6-9)20-10/h1,4,7,9-11,20H,2-3,5-6H2. The molecule has 0 aromatic heterocycles. The molecule has 114 valence electrons. The summed E-state index contributed by atoms with van der Waals surface area (Å²) in [5.74, 6) is -1.86. The van der Waals surface area contributed by atoms with Gasteiger partial charge in [-0.25, -0.2) is 4.39 Å². The number of fused-ring (bicyclic) bond motifs is 2. The van der Waals surface area contributed by atoms with Crippen molar-refractivity contribution in [2.45, 2.75) is 43.9 Å². The van der Waals surface area contributed by atoms with Crippen molar-refractivity contribution in [3.63, 3.8) is 0 Å². The second-order valence-corrected chi connectivity index (χ2v) is 5.86. The van der Waals surface area contributed by atoms with Gasteiger partial charge in [-0.1, -0.05) is 6.07 Å². The van der Waals surface area contributed by atoms with E-state index >= 15 is 0 Å². The van der Waals surface area contributed by atoms with E-state index in [1.165, 1.54) is 0 Å². The molecule has 2 aliphatic rings. The van der Waals surface area contributed by atoms with Crippen LogP contribution in [0.3, 0.4) is 0 Å². The van der Waals surface area contributed by atoms with E-state index in [1.807, 2.05) is 0 Å². The highest BCUT2D eigenvalue weighted by Gasteiger charge is 2.38. The topological polar surface area (TPSA) is 29.1 Å². The first-order valence-corrected chi connectivity index (χ1v) is 7.01. The number of ketones is 1. The van der Waals surface area contributed by atoms with E-state index in [9.17, 15) is 22.4 Å². The van der Waals surface area contributed by atoms with Gasteiger partial charge in [-0.15, -0.1) is 0 Å². The largest absolute Gasteiger partial charge is 0.419 e. The van der Waals surface area contributed by atoms with Crippen LogP contribution in [0.5, 0.6) is 0 Å². The molecule has 1 aromatic rings. The Balaban J connectivity index is 1.81. The Hall–Kier alpha value is -1.43. The summed E-state index contributed by atoms with van der Waals surface area (Å²) in [5, 5.41) is 3.39. The van der Waals surface area contributed by atoms with Crippen LogP contribution in [0.1, 0.15) is 41.6 Å². The fourth-order valence-corrected chi connectivity index (χ4v) is 3.41. The summed E-state index contributed by atoms with van der Waals surface area (Å²) in [6.45, 7) is 0. The van der Waals surface area contributed by atoms with Gasteiger partial charge in [0.25, 0.3) is 0 Å². The molecule has 2 bridgehead atoms. The summed E-state index contributed by atoms with van der Waals surface area (Å²) in [7, 11) is 0. The van der Waals surface area contributed by atoms with Crippen molar-refractivity contribution in [1.29, 1.82) is 0 Å². The Bertz CT molecular complexity index is 557. The van der Waals surface area contributed by atoms with Gasteiger partial charge >= 0.3 is 6.18 Å². The maximum absolute atomic E-state index is 13.6. The Kier molecular flexibility index (Phi) is 3.51. The van der Waals surface area contributed by atoms with E-state index < -0.39 is 17.6 Å². The van der Waals surface area contributed by atoms with Gasteiger partial charge in [0.1, 0.15) is 5.82 Å². The lowest BCUT2D eigenvalue weighted by atomic mass is 9.85. The third-order valence-electron chi connectivity index (χ3n) is 4.40. The van der Waals surface area contributed by atoms with E-state index in [-0.39, 0.29) is 17.3 Å². The minimum absolute atomic E-state index is 0.0341. The fourth-order valence-electron chi connectivity index (χ4n) is 3.41. The number of halogens is 4. The van der Waals surface area contributed by atoms with Crippen LogP contribution in [-0.4, -0.2) is 17.9 Å². The summed E-state index contributed by atoms with van der Waals surface area (Å²) in [4.78, 5) is 12.4. The number of benzene rings is 1. The first kappa shape index (κ1) is 14.5. The van der Waals surface area contributed by atoms with Gasteiger partial charge in [-0.3, -0.25) is 4.79 Å². The molecule has 0 amide bonds. The highest BCUT2D eigenvalue weighted by molar-refractivity contribution is 5.98. The summed E-state index contributed by atoms with van der Waals surface area (Å²) >= 11 is 0. The zero-order valence-electron chi connectivity index (χ0n) is 11.2. The molecule has 2 fully saturated rings. The zero-order valence-corrected chi connectivity index (χ0v) is 11.2. The van der Waals surface area contributed by atoms with Crippen LogP contribution in [0.4, 0.5) is 17.6 Å². The normalized spacial score (nSPS) is 28.7. The SMILES string of the molecule is O=C(c1ccc(C(F)(F)F)c(F)c1)C1CC2CCC(C1)N2. The molecule has 1 N–H and O–H groups in total. The highest BCUT2D eigenvalue weighted by Crippen LogP contribution is 2.35. The highest BCUT2D eigenvalue weighted by atomic mass is 19.4. The molecule has 0 spiro atoms. The monoisotopic (exact) mass is 301 g/mol. The van der Waals surface area contributed by atoms with Crippen molar-refractivity contribution in [2.24, 2.45) is 5.92 Å². The quantitative estimate of drug-likeness (QED) is 0.668. The van der Waals surface area contributed by atoms with Crippen LogP contribution in [-0.2, 0) is 6.18 Å². The number of alkyl halides is 3. The Morgan fingerprint density at radius 3 is 2.29 bits per heavy atom. The molecule has 21 heavy (non-hydrogen) atoms. The average molecular weight is 301 g/mol. The number of nitrogens with one attached hydrogen (secondary N) is 1. The number of piperidine rings is 1. The third kappa shape index (κ3) is 2.81. The Morgan fingerprint density at radius 2 is 1.76 bits per heavy atom. The van der Waals surface area contributed by atoms with Crippen molar-refractivity contribution >= 4 is 5.78 Å². The summed E-state index contributed by atoms with van der Waals surface area (Å²) in [6.07, 6.45) is -1.33. The second kappa shape index (κ2) is 5.09. The molecule has 2 heterocycles. The van der Waals surface area contributed by atoms with Crippen LogP contribution >= 0.6 is 0 Å². The molecule has 2 saturated heterocycles. The Labute approximate surface area is 119 Å². The molecule has 0 aliphatic carbocycles. The van der Waals surface area contributed by atoms with Crippen LogP contribution < -0.4 is 5.32 Å². The van der Waals surface area contributed by atoms with Crippen molar-refractivity contribution in [2.75, 3.05) is 0 Å². The number of Topliss-reactive ketones (excluding diaryl/α,β-unsaturated/α-hetero) is 1. The first-order valence-electron chi connectivity index (χ1n) is 7.01. The maximum Gasteiger partial charge on any atom is 0.419 e. The van der Waals surface area contributed by atoms with Gasteiger partial charge < -0.3 is 5.32 Å². The minimum Gasteiger partial charge on any atom is -0.311 e. The van der Waals surface area contributed by atoms with E-state index in [4.69, 9.17) is 0 Å². The molecule has 1 aromatic carbocycles. The summed E-state index contributed by atoms with van der Waals surface area (Å²) in [6, 6.07) is 3.06. The zero-order chi connectivity index (χ0) is 15.2. The first-order chi connectivity index (χ1) is 9.84. The number of carbonyl (C=O) groups excluding carboxylic acids is 1. The Morgan fingerprint density at radius 1 is 1.14 bits per heavy atom. The van der Waals surface area contributed by atoms with Crippen molar-refractivity contribution in [3.8, 4) is 0 Å².